The van der Waals surface area contributed by atoms with Crippen LogP contribution in [0.3, 0.4) is 0 Å². The van der Waals surface area contributed by atoms with Crippen molar-refractivity contribution in [1.29, 1.82) is 0 Å². The van der Waals surface area contributed by atoms with E-state index in [4.69, 9.17) is 43.2 Å². The summed E-state index contributed by atoms with van der Waals surface area (Å²) in [6.45, 7) is 0. The number of furan rings is 3. The summed E-state index contributed by atoms with van der Waals surface area (Å²) in [5.74, 6) is 0.728. The number of aromatic nitrogens is 6. The standard InChI is InChI=1S/C38H24N2O.2C32H20N2O/c1-3-9-27(10-4-1)37-32-21-19-30(24-34(32)39-38(40-37)28-11-5-2-6-12-28)26-17-15-25(16-18-26)29-20-22-36-33(23-29)31-13-7-8-14-35(31)41-36;1-3-10-21(11-4-1)30-31(22-12-5-2-6-13-22)34-32-24(15-9-16-27(32)33-30)23-18-19-26-25-14-7-8-17-28(25)35-29(26)20-23;1-3-9-21(10-4-1)31-32(22-11-5-2-6-12-22)34-28-19-23(16-18-27(28)33-31)24-15-17-26-25-13-7-8-14-29(25)35-30(26)20-24/h1-24H;2*1-20H. The lowest BCUT2D eigenvalue weighted by Gasteiger charge is -2.13. The van der Waals surface area contributed by atoms with Gasteiger partial charge in [-0.3, -0.25) is 0 Å². The zero-order chi connectivity index (χ0) is 73.6. The summed E-state index contributed by atoms with van der Waals surface area (Å²) >= 11 is 0. The molecule has 0 spiro atoms. The molecule has 0 aliphatic rings. The monoisotopic (exact) mass is 1420 g/mol. The minimum Gasteiger partial charge on any atom is -0.456 e. The Morgan fingerprint density at radius 2 is 0.505 bits per heavy atom. The summed E-state index contributed by atoms with van der Waals surface area (Å²) in [7, 11) is 0. The molecule has 0 saturated heterocycles. The third kappa shape index (κ3) is 12.6. The average molecular weight is 1420 g/mol. The summed E-state index contributed by atoms with van der Waals surface area (Å²) in [4.78, 5) is 30.5. The highest BCUT2D eigenvalue weighted by Gasteiger charge is 2.20. The van der Waals surface area contributed by atoms with Crippen molar-refractivity contribution in [3.05, 3.63) is 388 Å². The lowest BCUT2D eigenvalue weighted by molar-refractivity contribution is 0.668. The van der Waals surface area contributed by atoms with E-state index in [0.717, 1.165) is 200 Å². The Hall–Kier alpha value is -15.1. The Labute approximate surface area is 638 Å². The molecule has 520 valence electrons. The maximum absolute atomic E-state index is 6.16. The molecule has 0 aliphatic heterocycles. The van der Waals surface area contributed by atoms with Crippen molar-refractivity contribution in [3.63, 3.8) is 0 Å². The predicted octanol–water partition coefficient (Wildman–Crippen LogP) is 27.3. The summed E-state index contributed by atoms with van der Waals surface area (Å²) in [5.41, 5.74) is 29.4. The molecule has 0 N–H and O–H groups in total. The molecular formula is C102H64N6O3. The Bertz CT molecular complexity index is 7190. The quantitative estimate of drug-likeness (QED) is 0.132. The number of rotatable bonds is 10. The van der Waals surface area contributed by atoms with E-state index in [9.17, 15) is 0 Å². The van der Waals surface area contributed by atoms with Gasteiger partial charge in [-0.05, 0) is 124 Å². The third-order valence-corrected chi connectivity index (χ3v) is 20.7. The van der Waals surface area contributed by atoms with Gasteiger partial charge >= 0.3 is 0 Å². The molecule has 0 unspecified atom stereocenters. The van der Waals surface area contributed by atoms with Crippen LogP contribution in [0.4, 0.5) is 0 Å². The first-order valence-electron chi connectivity index (χ1n) is 37.1. The van der Waals surface area contributed by atoms with Crippen LogP contribution in [0, 0.1) is 0 Å². The Kier molecular flexibility index (Phi) is 16.7. The lowest BCUT2D eigenvalue weighted by Crippen LogP contribution is -1.97. The van der Waals surface area contributed by atoms with E-state index in [1.54, 1.807) is 0 Å². The van der Waals surface area contributed by atoms with Gasteiger partial charge in [-0.15, -0.1) is 0 Å². The normalized spacial score (nSPS) is 11.4. The van der Waals surface area contributed by atoms with Gasteiger partial charge in [-0.2, -0.15) is 0 Å². The highest BCUT2D eigenvalue weighted by Crippen LogP contribution is 2.41. The second-order valence-electron chi connectivity index (χ2n) is 27.5. The summed E-state index contributed by atoms with van der Waals surface area (Å²) in [6.07, 6.45) is 0. The zero-order valence-corrected chi connectivity index (χ0v) is 59.9. The van der Waals surface area contributed by atoms with Crippen molar-refractivity contribution in [2.75, 3.05) is 0 Å². The largest absolute Gasteiger partial charge is 0.456 e. The fourth-order valence-electron chi connectivity index (χ4n) is 15.1. The molecular weight excluding hydrogens is 1360 g/mol. The van der Waals surface area contributed by atoms with Crippen molar-refractivity contribution >= 4 is 98.8 Å². The third-order valence-electron chi connectivity index (χ3n) is 20.7. The van der Waals surface area contributed by atoms with Crippen LogP contribution >= 0.6 is 0 Å². The number of nitrogens with zero attached hydrogens (tertiary/aromatic N) is 6. The van der Waals surface area contributed by atoms with Crippen LogP contribution in [-0.2, 0) is 0 Å². The van der Waals surface area contributed by atoms with Crippen LogP contribution in [0.1, 0.15) is 0 Å². The molecule has 0 aliphatic carbocycles. The van der Waals surface area contributed by atoms with Gasteiger partial charge in [0.2, 0.25) is 0 Å². The van der Waals surface area contributed by atoms with Crippen molar-refractivity contribution < 1.29 is 13.3 Å². The molecule has 0 amide bonds. The number of hydrogen-bond acceptors (Lipinski definition) is 9. The van der Waals surface area contributed by atoms with Crippen molar-refractivity contribution in [2.45, 2.75) is 0 Å². The fourth-order valence-corrected chi connectivity index (χ4v) is 15.1. The molecule has 16 aromatic carbocycles. The van der Waals surface area contributed by atoms with Crippen molar-refractivity contribution in [3.8, 4) is 112 Å². The van der Waals surface area contributed by atoms with Gasteiger partial charge in [0.1, 0.15) is 33.5 Å². The van der Waals surface area contributed by atoms with E-state index < -0.39 is 0 Å². The molecule has 0 fully saturated rings. The molecule has 22 aromatic rings. The van der Waals surface area contributed by atoms with Crippen LogP contribution in [0.5, 0.6) is 0 Å². The van der Waals surface area contributed by atoms with Crippen LogP contribution in [0.25, 0.3) is 211 Å². The first-order valence-corrected chi connectivity index (χ1v) is 37.1. The molecule has 111 heavy (non-hydrogen) atoms. The van der Waals surface area contributed by atoms with Crippen LogP contribution < -0.4 is 0 Å². The maximum Gasteiger partial charge on any atom is 0.160 e. The molecule has 9 nitrogen and oxygen atoms in total. The minimum absolute atomic E-state index is 0.728. The van der Waals surface area contributed by atoms with Crippen molar-refractivity contribution in [1.82, 2.24) is 29.9 Å². The first kappa shape index (κ1) is 65.5. The number of fused-ring (bicyclic) bond motifs is 12. The molecule has 0 bridgehead atoms. The SMILES string of the molecule is c1ccc(-c2nc(-c3ccccc3)c3ccc(-c4ccc(-c5ccc6oc7ccccc7c6c5)cc4)cc3n2)cc1.c1ccc(-c2nc3ccc(-c4ccc5c(c4)oc4ccccc45)cc3nc2-c2ccccc2)cc1.c1ccc(-c2nc3cccc(-c4ccc5c(c4)oc4ccccc45)c3nc2-c2ccccc2)cc1. The molecule has 0 atom stereocenters. The van der Waals surface area contributed by atoms with Gasteiger partial charge in [-0.25, -0.2) is 29.9 Å². The first-order chi connectivity index (χ1) is 55.0. The smallest absolute Gasteiger partial charge is 0.160 e. The van der Waals surface area contributed by atoms with Gasteiger partial charge in [-0.1, -0.05) is 303 Å². The van der Waals surface area contributed by atoms with Crippen LogP contribution in [0.2, 0.25) is 0 Å². The number of hydrogen-bond donors (Lipinski definition) is 0. The minimum atomic E-state index is 0.728. The van der Waals surface area contributed by atoms with Gasteiger partial charge in [0.15, 0.2) is 5.82 Å². The van der Waals surface area contributed by atoms with Gasteiger partial charge in [0, 0.05) is 76.6 Å². The van der Waals surface area contributed by atoms with Gasteiger partial charge < -0.3 is 13.3 Å². The Balaban J connectivity index is 0.000000109. The van der Waals surface area contributed by atoms with Crippen molar-refractivity contribution in [2.24, 2.45) is 0 Å². The Morgan fingerprint density at radius 1 is 0.153 bits per heavy atom. The van der Waals surface area contributed by atoms with E-state index in [0.29, 0.717) is 0 Å². The summed E-state index contributed by atoms with van der Waals surface area (Å²) in [6, 6.07) is 133. The molecule has 6 heterocycles. The number of benzene rings is 16. The molecule has 22 rings (SSSR count). The zero-order valence-electron chi connectivity index (χ0n) is 59.9. The highest BCUT2D eigenvalue weighted by atomic mass is 16.3. The molecule has 9 heteroatoms. The van der Waals surface area contributed by atoms with Gasteiger partial charge in [0.05, 0.1) is 56.1 Å². The van der Waals surface area contributed by atoms with Gasteiger partial charge in [0.25, 0.3) is 0 Å². The van der Waals surface area contributed by atoms with E-state index in [2.05, 4.69) is 218 Å². The average Bonchev–Trinajstić information content (AvgIpc) is 1.42. The summed E-state index contributed by atoms with van der Waals surface area (Å²) in [5, 5.41) is 7.83. The van der Waals surface area contributed by atoms with E-state index in [1.807, 2.05) is 170 Å². The molecule has 6 aromatic heterocycles. The van der Waals surface area contributed by atoms with E-state index in [-0.39, 0.29) is 0 Å². The molecule has 0 saturated carbocycles. The second-order valence-corrected chi connectivity index (χ2v) is 27.5. The number of para-hydroxylation sites is 4. The maximum atomic E-state index is 6.16. The predicted molar refractivity (Wildman–Crippen MR) is 455 cm³/mol. The molecule has 0 radical (unpaired) electrons. The highest BCUT2D eigenvalue weighted by molar-refractivity contribution is 6.09. The lowest BCUT2D eigenvalue weighted by atomic mass is 9.97. The van der Waals surface area contributed by atoms with Crippen LogP contribution in [0.15, 0.2) is 401 Å². The second kappa shape index (κ2) is 28.3. The topological polar surface area (TPSA) is 117 Å². The van der Waals surface area contributed by atoms with E-state index in [1.165, 1.54) is 11.1 Å². The van der Waals surface area contributed by atoms with E-state index >= 15 is 0 Å². The fraction of sp³-hybridized carbons (Fsp3) is 0. The van der Waals surface area contributed by atoms with Crippen LogP contribution in [-0.4, -0.2) is 29.9 Å². The Morgan fingerprint density at radius 3 is 1.05 bits per heavy atom. The summed E-state index contributed by atoms with van der Waals surface area (Å²) < 4.78 is 18.3.